The number of nitrogens with two attached hydrogens (primary N) is 1. The van der Waals surface area contributed by atoms with Crippen LogP contribution in [0.2, 0.25) is 0 Å². The van der Waals surface area contributed by atoms with Crippen LogP contribution in [0.25, 0.3) is 22.5 Å². The Morgan fingerprint density at radius 1 is 1.06 bits per heavy atom. The molecule has 8 heteroatoms. The van der Waals surface area contributed by atoms with Crippen molar-refractivity contribution in [2.75, 3.05) is 23.7 Å². The minimum absolute atomic E-state index is 0.466. The fourth-order valence-corrected chi connectivity index (χ4v) is 4.29. The predicted molar refractivity (Wildman–Crippen MR) is 126 cm³/mol. The summed E-state index contributed by atoms with van der Waals surface area (Å²) in [4.78, 5) is 14.2. The van der Waals surface area contributed by atoms with Gasteiger partial charge >= 0.3 is 0 Å². The molecule has 1 saturated carbocycles. The second-order valence-corrected chi connectivity index (χ2v) is 8.25. The van der Waals surface area contributed by atoms with Crippen LogP contribution in [0.4, 0.5) is 11.8 Å². The molecular weight excluding hydrogens is 402 g/mol. The lowest BCUT2D eigenvalue weighted by Gasteiger charge is -2.14. The van der Waals surface area contributed by atoms with Gasteiger partial charge in [-0.3, -0.25) is 0 Å². The summed E-state index contributed by atoms with van der Waals surface area (Å²) in [7, 11) is 0. The van der Waals surface area contributed by atoms with Crippen molar-refractivity contribution in [3.05, 3.63) is 54.6 Å². The lowest BCUT2D eigenvalue weighted by molar-refractivity contribution is 0.529. The van der Waals surface area contributed by atoms with Gasteiger partial charge < -0.3 is 25.4 Å². The lowest BCUT2D eigenvalue weighted by atomic mass is 10.1. The molecule has 5 rings (SSSR count). The average Bonchev–Trinajstić information content (AvgIpc) is 3.59. The van der Waals surface area contributed by atoms with Crippen molar-refractivity contribution in [2.24, 2.45) is 5.73 Å². The number of nitrogens with zero attached hydrogens (tertiary/aromatic N) is 4. The number of imidazole rings is 1. The molecule has 32 heavy (non-hydrogen) atoms. The molecule has 1 aromatic carbocycles. The van der Waals surface area contributed by atoms with Crippen LogP contribution in [0.5, 0.6) is 0 Å². The normalized spacial score (nSPS) is 14.3. The van der Waals surface area contributed by atoms with Crippen LogP contribution < -0.4 is 16.4 Å². The molecule has 0 aliphatic heterocycles. The molecule has 1 fully saturated rings. The zero-order chi connectivity index (χ0) is 21.8. The molecule has 166 valence electrons. The SMILES string of the molecule is NCCCNc1nc(NCc2ccc(-c3ccco3)cc2)c2ncn(C3CCCC3)c2n1. The van der Waals surface area contributed by atoms with Crippen molar-refractivity contribution in [1.82, 2.24) is 19.5 Å². The van der Waals surface area contributed by atoms with E-state index in [1.54, 1.807) is 6.26 Å². The Bertz CT molecular complexity index is 1150. The summed E-state index contributed by atoms with van der Waals surface area (Å²) in [6, 6.07) is 12.7. The Morgan fingerprint density at radius 3 is 2.66 bits per heavy atom. The van der Waals surface area contributed by atoms with E-state index in [1.807, 2.05) is 18.5 Å². The predicted octanol–water partition coefficient (Wildman–Crippen LogP) is 4.57. The van der Waals surface area contributed by atoms with E-state index < -0.39 is 0 Å². The van der Waals surface area contributed by atoms with Crippen LogP contribution in [-0.4, -0.2) is 32.6 Å². The van der Waals surface area contributed by atoms with Crippen molar-refractivity contribution in [3.63, 3.8) is 0 Å². The molecule has 4 aromatic rings. The maximum atomic E-state index is 5.64. The van der Waals surface area contributed by atoms with Crippen molar-refractivity contribution >= 4 is 22.9 Å². The number of benzene rings is 1. The number of nitrogens with one attached hydrogen (secondary N) is 2. The van der Waals surface area contributed by atoms with E-state index in [-0.39, 0.29) is 0 Å². The molecule has 3 aromatic heterocycles. The fraction of sp³-hybridized carbons (Fsp3) is 0.375. The number of fused-ring (bicyclic) bond motifs is 1. The van der Waals surface area contributed by atoms with Gasteiger partial charge in [-0.1, -0.05) is 37.1 Å². The molecule has 0 spiro atoms. The zero-order valence-corrected chi connectivity index (χ0v) is 18.1. The van der Waals surface area contributed by atoms with Crippen LogP contribution in [0.15, 0.2) is 53.4 Å². The molecule has 0 amide bonds. The lowest BCUT2D eigenvalue weighted by Crippen LogP contribution is -2.13. The Kier molecular flexibility index (Phi) is 6.02. The molecule has 0 unspecified atom stereocenters. The zero-order valence-electron chi connectivity index (χ0n) is 18.1. The largest absolute Gasteiger partial charge is 0.464 e. The van der Waals surface area contributed by atoms with Crippen LogP contribution in [0.3, 0.4) is 0 Å². The van der Waals surface area contributed by atoms with Crippen LogP contribution in [0.1, 0.15) is 43.7 Å². The summed E-state index contributed by atoms with van der Waals surface area (Å²) < 4.78 is 7.70. The van der Waals surface area contributed by atoms with Gasteiger partial charge in [0.25, 0.3) is 0 Å². The summed E-state index contributed by atoms with van der Waals surface area (Å²) >= 11 is 0. The van der Waals surface area contributed by atoms with E-state index in [9.17, 15) is 0 Å². The van der Waals surface area contributed by atoms with E-state index in [2.05, 4.69) is 44.5 Å². The monoisotopic (exact) mass is 431 g/mol. The quantitative estimate of drug-likeness (QED) is 0.333. The minimum atomic E-state index is 0.466. The highest BCUT2D eigenvalue weighted by molar-refractivity contribution is 5.84. The van der Waals surface area contributed by atoms with Crippen molar-refractivity contribution in [1.29, 1.82) is 0 Å². The van der Waals surface area contributed by atoms with Gasteiger partial charge in [0.05, 0.1) is 12.6 Å². The molecule has 0 radical (unpaired) electrons. The van der Waals surface area contributed by atoms with Crippen LogP contribution in [0, 0.1) is 0 Å². The molecule has 1 aliphatic carbocycles. The second kappa shape index (κ2) is 9.40. The summed E-state index contributed by atoms with van der Waals surface area (Å²) in [6.07, 6.45) is 9.35. The highest BCUT2D eigenvalue weighted by atomic mass is 16.3. The van der Waals surface area contributed by atoms with E-state index in [0.29, 0.717) is 25.1 Å². The summed E-state index contributed by atoms with van der Waals surface area (Å²) in [5, 5.41) is 6.79. The van der Waals surface area contributed by atoms with Gasteiger partial charge in [0, 0.05) is 24.7 Å². The van der Waals surface area contributed by atoms with E-state index in [0.717, 1.165) is 46.8 Å². The molecule has 3 heterocycles. The van der Waals surface area contributed by atoms with Gasteiger partial charge in [-0.25, -0.2) is 4.98 Å². The maximum Gasteiger partial charge on any atom is 0.226 e. The number of hydrogen-bond donors (Lipinski definition) is 3. The average molecular weight is 432 g/mol. The van der Waals surface area contributed by atoms with Gasteiger partial charge in [0.1, 0.15) is 5.76 Å². The standard InChI is InChI=1S/C24H29N7O/c25-12-4-13-26-24-29-22(21-23(30-24)31(16-28-21)19-5-1-2-6-19)27-15-17-8-10-18(11-9-17)20-7-3-14-32-20/h3,7-11,14,16,19H,1-2,4-6,12-13,15,25H2,(H2,26,27,29,30). The van der Waals surface area contributed by atoms with Gasteiger partial charge in [-0.05, 0) is 43.5 Å². The third kappa shape index (κ3) is 4.31. The third-order valence-corrected chi connectivity index (χ3v) is 6.02. The Morgan fingerprint density at radius 2 is 1.91 bits per heavy atom. The topological polar surface area (TPSA) is 107 Å². The van der Waals surface area contributed by atoms with Gasteiger partial charge in [0.15, 0.2) is 17.0 Å². The first kappa shape index (κ1) is 20.5. The minimum Gasteiger partial charge on any atom is -0.464 e. The summed E-state index contributed by atoms with van der Waals surface area (Å²) in [5.41, 5.74) is 9.56. The Balaban J connectivity index is 1.39. The molecule has 0 bridgehead atoms. The first-order valence-electron chi connectivity index (χ1n) is 11.4. The first-order valence-corrected chi connectivity index (χ1v) is 11.4. The Labute approximate surface area is 187 Å². The third-order valence-electron chi connectivity index (χ3n) is 6.02. The van der Waals surface area contributed by atoms with Crippen molar-refractivity contribution < 1.29 is 4.42 Å². The summed E-state index contributed by atoms with van der Waals surface area (Å²) in [6.45, 7) is 2.02. The number of furan rings is 1. The van der Waals surface area contributed by atoms with Gasteiger partial charge in [0.2, 0.25) is 5.95 Å². The number of hydrogen-bond acceptors (Lipinski definition) is 7. The number of aromatic nitrogens is 4. The highest BCUT2D eigenvalue weighted by Gasteiger charge is 2.21. The fourth-order valence-electron chi connectivity index (χ4n) is 4.29. The first-order chi connectivity index (χ1) is 15.8. The second-order valence-electron chi connectivity index (χ2n) is 8.25. The van der Waals surface area contributed by atoms with Gasteiger partial charge in [-0.15, -0.1) is 0 Å². The number of anilines is 2. The van der Waals surface area contributed by atoms with Gasteiger partial charge in [-0.2, -0.15) is 9.97 Å². The molecule has 0 atom stereocenters. The van der Waals surface area contributed by atoms with Crippen molar-refractivity contribution in [3.8, 4) is 11.3 Å². The molecule has 0 saturated heterocycles. The van der Waals surface area contributed by atoms with Crippen molar-refractivity contribution in [2.45, 2.75) is 44.7 Å². The highest BCUT2D eigenvalue weighted by Crippen LogP contribution is 2.33. The summed E-state index contributed by atoms with van der Waals surface area (Å²) in [5.74, 6) is 2.23. The van der Waals surface area contributed by atoms with E-state index >= 15 is 0 Å². The van der Waals surface area contributed by atoms with E-state index in [4.69, 9.17) is 20.1 Å². The molecule has 4 N–H and O–H groups in total. The Hall–Kier alpha value is -3.39. The molecule has 1 aliphatic rings. The molecular formula is C24H29N7O. The van der Waals surface area contributed by atoms with Crippen LogP contribution in [-0.2, 0) is 6.54 Å². The number of rotatable bonds is 9. The van der Waals surface area contributed by atoms with E-state index in [1.165, 1.54) is 25.7 Å². The maximum absolute atomic E-state index is 5.64. The molecule has 8 nitrogen and oxygen atoms in total. The van der Waals surface area contributed by atoms with Crippen LogP contribution >= 0.6 is 0 Å². The smallest absolute Gasteiger partial charge is 0.226 e.